The van der Waals surface area contributed by atoms with E-state index in [-0.39, 0.29) is 12.3 Å². The van der Waals surface area contributed by atoms with Crippen LogP contribution in [-0.4, -0.2) is 42.0 Å². The van der Waals surface area contributed by atoms with Gasteiger partial charge in [0.25, 0.3) is 0 Å². The Kier molecular flexibility index (Phi) is 5.50. The summed E-state index contributed by atoms with van der Waals surface area (Å²) >= 11 is 1.46. The summed E-state index contributed by atoms with van der Waals surface area (Å²) in [5.41, 5.74) is 0.993. The van der Waals surface area contributed by atoms with E-state index in [1.165, 1.54) is 23.5 Å². The van der Waals surface area contributed by atoms with Crippen LogP contribution in [0.25, 0.3) is 10.6 Å². The molecule has 1 unspecified atom stereocenters. The van der Waals surface area contributed by atoms with Gasteiger partial charge in [-0.1, -0.05) is 18.6 Å². The normalized spacial score (nSPS) is 22.4. The number of hydrogen-bond donors (Lipinski definition) is 0. The Morgan fingerprint density at radius 1 is 1.11 bits per heavy atom. The third-order valence-electron chi connectivity index (χ3n) is 5.00. The molecule has 0 spiro atoms. The van der Waals surface area contributed by atoms with E-state index < -0.39 is 11.7 Å². The van der Waals surface area contributed by atoms with Crippen molar-refractivity contribution in [3.8, 4) is 10.6 Å². The van der Waals surface area contributed by atoms with Crippen molar-refractivity contribution in [2.45, 2.75) is 44.3 Å². The van der Waals surface area contributed by atoms with Gasteiger partial charge in [0.05, 0.1) is 30.5 Å². The summed E-state index contributed by atoms with van der Waals surface area (Å²) in [5, 5.41) is 2.72. The van der Waals surface area contributed by atoms with E-state index in [1.54, 1.807) is 0 Å². The summed E-state index contributed by atoms with van der Waals surface area (Å²) in [6, 6.07) is 5.40. The first-order valence-electron chi connectivity index (χ1n) is 9.10. The first-order valence-corrected chi connectivity index (χ1v) is 9.98. The summed E-state index contributed by atoms with van der Waals surface area (Å²) in [4.78, 5) is 6.99. The Bertz CT molecular complexity index is 757. The van der Waals surface area contributed by atoms with Crippen LogP contribution in [-0.2, 0) is 22.2 Å². The molecule has 1 aromatic heterocycles. The van der Waals surface area contributed by atoms with Gasteiger partial charge in [-0.25, -0.2) is 4.98 Å². The Balaban J connectivity index is 1.45. The number of benzene rings is 1. The zero-order valence-electron chi connectivity index (χ0n) is 14.7. The monoisotopic (exact) mass is 398 g/mol. The number of halogens is 3. The minimum absolute atomic E-state index is 0.168. The Morgan fingerprint density at radius 3 is 2.56 bits per heavy atom. The lowest BCUT2D eigenvalue weighted by Crippen LogP contribution is -2.46. The number of alkyl halides is 3. The van der Waals surface area contributed by atoms with E-state index in [0.29, 0.717) is 25.3 Å². The van der Waals surface area contributed by atoms with Crippen molar-refractivity contribution < 1.29 is 22.6 Å². The lowest BCUT2D eigenvalue weighted by Gasteiger charge is -2.37. The predicted octanol–water partition coefficient (Wildman–Crippen LogP) is 4.56. The van der Waals surface area contributed by atoms with Gasteiger partial charge >= 0.3 is 6.18 Å². The number of likely N-dealkylation sites (tertiary alicyclic amines) is 1. The highest BCUT2D eigenvalue weighted by atomic mass is 32.1. The molecular formula is C19H21F3N2O2S. The summed E-state index contributed by atoms with van der Waals surface area (Å²) in [7, 11) is 0. The minimum atomic E-state index is -4.32. The van der Waals surface area contributed by atoms with Gasteiger partial charge in [-0.15, -0.1) is 11.3 Å². The first kappa shape index (κ1) is 18.9. The fourth-order valence-electron chi connectivity index (χ4n) is 3.64. The van der Waals surface area contributed by atoms with Crippen molar-refractivity contribution in [1.29, 1.82) is 0 Å². The number of aromatic nitrogens is 1. The molecule has 4 nitrogen and oxygen atoms in total. The van der Waals surface area contributed by atoms with E-state index >= 15 is 0 Å². The maximum absolute atomic E-state index is 12.7. The number of nitrogens with zero attached hydrogens (tertiary/aromatic N) is 2. The van der Waals surface area contributed by atoms with Gasteiger partial charge < -0.3 is 9.47 Å². The molecule has 0 radical (unpaired) electrons. The first-order chi connectivity index (χ1) is 13.0. The molecule has 27 heavy (non-hydrogen) atoms. The van der Waals surface area contributed by atoms with Crippen LogP contribution < -0.4 is 0 Å². The summed E-state index contributed by atoms with van der Waals surface area (Å²) in [6.45, 7) is 2.96. The fourth-order valence-corrected chi connectivity index (χ4v) is 4.46. The topological polar surface area (TPSA) is 34.6 Å². The molecule has 2 aromatic rings. The lowest BCUT2D eigenvalue weighted by atomic mass is 10.0. The molecule has 2 aliphatic heterocycles. The van der Waals surface area contributed by atoms with Crippen molar-refractivity contribution in [3.63, 3.8) is 0 Å². The quantitative estimate of drug-likeness (QED) is 0.757. The predicted molar refractivity (Wildman–Crippen MR) is 96.3 cm³/mol. The van der Waals surface area contributed by atoms with Crippen LogP contribution in [0, 0.1) is 0 Å². The minimum Gasteiger partial charge on any atom is -0.349 e. The van der Waals surface area contributed by atoms with Crippen LogP contribution in [0.3, 0.4) is 0 Å². The summed E-state index contributed by atoms with van der Waals surface area (Å²) in [5.74, 6) is 0. The Labute approximate surface area is 159 Å². The van der Waals surface area contributed by atoms with Gasteiger partial charge in [-0.05, 0) is 31.5 Å². The molecule has 2 saturated heterocycles. The lowest BCUT2D eigenvalue weighted by molar-refractivity contribution is -0.137. The second kappa shape index (κ2) is 7.87. The van der Waals surface area contributed by atoms with E-state index in [2.05, 4.69) is 9.88 Å². The zero-order chi connectivity index (χ0) is 18.9. The van der Waals surface area contributed by atoms with Crippen LogP contribution in [0.5, 0.6) is 0 Å². The van der Waals surface area contributed by atoms with Gasteiger partial charge in [0, 0.05) is 17.5 Å². The Morgan fingerprint density at radius 2 is 1.85 bits per heavy atom. The van der Waals surface area contributed by atoms with Gasteiger partial charge in [-0.2, -0.15) is 13.2 Å². The van der Waals surface area contributed by atoms with Gasteiger partial charge in [0.1, 0.15) is 5.01 Å². The SMILES string of the molecule is FC(F)(F)c1ccc(-c2nc(CN3CCCCC3C3OCCO3)cs2)cc1. The average molecular weight is 398 g/mol. The number of thiazole rings is 1. The second-order valence-electron chi connectivity index (χ2n) is 6.86. The molecule has 0 bridgehead atoms. The van der Waals surface area contributed by atoms with Crippen LogP contribution >= 0.6 is 11.3 Å². The molecule has 2 fully saturated rings. The van der Waals surface area contributed by atoms with Crippen molar-refractivity contribution in [2.24, 2.45) is 0 Å². The summed E-state index contributed by atoms with van der Waals surface area (Å²) in [6.07, 6.45) is -1.14. The Hall–Kier alpha value is -1.48. The molecule has 1 atom stereocenters. The maximum Gasteiger partial charge on any atom is 0.416 e. The third-order valence-corrected chi connectivity index (χ3v) is 5.94. The van der Waals surface area contributed by atoms with Crippen molar-refractivity contribution in [1.82, 2.24) is 9.88 Å². The molecule has 4 rings (SSSR count). The molecular weight excluding hydrogens is 377 g/mol. The molecule has 146 valence electrons. The van der Waals surface area contributed by atoms with Crippen LogP contribution in [0.15, 0.2) is 29.6 Å². The molecule has 2 aliphatic rings. The molecule has 0 N–H and O–H groups in total. The highest BCUT2D eigenvalue weighted by Gasteiger charge is 2.34. The van der Waals surface area contributed by atoms with Crippen LogP contribution in [0.1, 0.15) is 30.5 Å². The van der Waals surface area contributed by atoms with Crippen molar-refractivity contribution in [3.05, 3.63) is 40.9 Å². The zero-order valence-corrected chi connectivity index (χ0v) is 15.6. The number of hydrogen-bond acceptors (Lipinski definition) is 5. The van der Waals surface area contributed by atoms with Crippen molar-refractivity contribution in [2.75, 3.05) is 19.8 Å². The van der Waals surface area contributed by atoms with E-state index in [9.17, 15) is 13.2 Å². The standard InChI is InChI=1S/C19H21F3N2O2S/c20-19(21,22)14-6-4-13(5-7-14)17-23-15(12-27-17)11-24-8-2-1-3-16(24)18-25-9-10-26-18/h4-7,12,16,18H,1-3,8-11H2. The second-order valence-corrected chi connectivity index (χ2v) is 7.72. The van der Waals surface area contributed by atoms with Gasteiger partial charge in [-0.3, -0.25) is 4.90 Å². The average Bonchev–Trinajstić information content (AvgIpc) is 3.34. The van der Waals surface area contributed by atoms with Crippen molar-refractivity contribution >= 4 is 11.3 Å². The number of ether oxygens (including phenoxy) is 2. The smallest absolute Gasteiger partial charge is 0.349 e. The molecule has 0 saturated carbocycles. The highest BCUT2D eigenvalue weighted by Crippen LogP contribution is 2.32. The van der Waals surface area contributed by atoms with Gasteiger partial charge in [0.15, 0.2) is 6.29 Å². The number of piperidine rings is 1. The third kappa shape index (κ3) is 4.34. The van der Waals surface area contributed by atoms with E-state index in [1.807, 2.05) is 5.38 Å². The molecule has 3 heterocycles. The van der Waals surface area contributed by atoms with Crippen LogP contribution in [0.2, 0.25) is 0 Å². The number of rotatable bonds is 4. The molecule has 0 aliphatic carbocycles. The largest absolute Gasteiger partial charge is 0.416 e. The fraction of sp³-hybridized carbons (Fsp3) is 0.526. The molecule has 8 heteroatoms. The molecule has 0 amide bonds. The van der Waals surface area contributed by atoms with Gasteiger partial charge in [0.2, 0.25) is 0 Å². The van der Waals surface area contributed by atoms with E-state index in [0.717, 1.165) is 48.6 Å². The van der Waals surface area contributed by atoms with E-state index in [4.69, 9.17) is 9.47 Å². The summed E-state index contributed by atoms with van der Waals surface area (Å²) < 4.78 is 49.5. The highest BCUT2D eigenvalue weighted by molar-refractivity contribution is 7.13. The van der Waals surface area contributed by atoms with Crippen LogP contribution in [0.4, 0.5) is 13.2 Å². The maximum atomic E-state index is 12.7. The molecule has 1 aromatic carbocycles.